The highest BCUT2D eigenvalue weighted by atomic mass is 19.1. The number of aromatic nitrogens is 2. The molecular formula is C25H24FN4O+. The number of piperazine rings is 1. The van der Waals surface area contributed by atoms with E-state index in [1.54, 1.807) is 18.5 Å². The van der Waals surface area contributed by atoms with Crippen LogP contribution in [0.2, 0.25) is 0 Å². The van der Waals surface area contributed by atoms with Crippen LogP contribution in [0.15, 0.2) is 79.1 Å². The van der Waals surface area contributed by atoms with Crippen molar-refractivity contribution in [2.24, 2.45) is 0 Å². The predicted molar refractivity (Wildman–Crippen MR) is 119 cm³/mol. The monoisotopic (exact) mass is 415 g/mol. The van der Waals surface area contributed by atoms with Crippen LogP contribution in [0.3, 0.4) is 0 Å². The summed E-state index contributed by atoms with van der Waals surface area (Å²) in [4.78, 5) is 12.4. The molecule has 3 heterocycles. The lowest BCUT2D eigenvalue weighted by Crippen LogP contribution is -3.15. The predicted octanol–water partition coefficient (Wildman–Crippen LogP) is 2.97. The van der Waals surface area contributed by atoms with Gasteiger partial charge in [-0.3, -0.25) is 9.97 Å². The maximum Gasteiger partial charge on any atom is 0.160 e. The molecule has 0 radical (unpaired) electrons. The largest absolute Gasteiger partial charge is 0.505 e. The molecule has 0 aliphatic carbocycles. The maximum atomic E-state index is 14.3. The van der Waals surface area contributed by atoms with E-state index in [1.165, 1.54) is 11.0 Å². The number of phenols is 1. The van der Waals surface area contributed by atoms with Gasteiger partial charge in [0.1, 0.15) is 17.0 Å². The van der Waals surface area contributed by atoms with Crippen LogP contribution in [-0.4, -0.2) is 41.3 Å². The molecule has 5 nitrogen and oxygen atoms in total. The van der Waals surface area contributed by atoms with E-state index in [0.29, 0.717) is 11.2 Å². The van der Waals surface area contributed by atoms with Crippen LogP contribution in [-0.2, 0) is 0 Å². The van der Waals surface area contributed by atoms with Crippen molar-refractivity contribution in [3.05, 3.63) is 96.2 Å². The van der Waals surface area contributed by atoms with Crippen molar-refractivity contribution in [2.45, 2.75) is 6.04 Å². The zero-order valence-electron chi connectivity index (χ0n) is 17.1. The van der Waals surface area contributed by atoms with Crippen molar-refractivity contribution >= 4 is 16.6 Å². The smallest absolute Gasteiger partial charge is 0.160 e. The third kappa shape index (κ3) is 3.70. The minimum atomic E-state index is -0.189. The Morgan fingerprint density at radius 2 is 1.65 bits per heavy atom. The van der Waals surface area contributed by atoms with E-state index in [4.69, 9.17) is 0 Å². The molecule has 4 aromatic rings. The molecule has 1 saturated heterocycles. The Morgan fingerprint density at radius 1 is 0.871 bits per heavy atom. The number of pyridine rings is 2. The third-order valence-corrected chi connectivity index (χ3v) is 6.08. The van der Waals surface area contributed by atoms with Crippen LogP contribution in [0.5, 0.6) is 5.75 Å². The first-order chi connectivity index (χ1) is 15.2. The molecular weight excluding hydrogens is 391 g/mol. The Bertz CT molecular complexity index is 1190. The molecule has 1 fully saturated rings. The van der Waals surface area contributed by atoms with Gasteiger partial charge in [-0.05, 0) is 36.4 Å². The van der Waals surface area contributed by atoms with Gasteiger partial charge in [0.05, 0.1) is 37.4 Å². The summed E-state index contributed by atoms with van der Waals surface area (Å²) in [7, 11) is 0. The minimum absolute atomic E-state index is 0.129. The summed E-state index contributed by atoms with van der Waals surface area (Å²) in [6, 6.07) is 20.5. The molecule has 1 aliphatic heterocycles. The highest BCUT2D eigenvalue weighted by molar-refractivity contribution is 5.85. The minimum Gasteiger partial charge on any atom is -0.505 e. The van der Waals surface area contributed by atoms with Crippen molar-refractivity contribution < 1.29 is 14.4 Å². The van der Waals surface area contributed by atoms with Gasteiger partial charge in [-0.15, -0.1) is 0 Å². The number of rotatable bonds is 4. The second-order valence-electron chi connectivity index (χ2n) is 7.86. The van der Waals surface area contributed by atoms with Gasteiger partial charge in [0.15, 0.2) is 11.8 Å². The summed E-state index contributed by atoms with van der Waals surface area (Å²) in [5, 5.41) is 12.0. The Morgan fingerprint density at radius 3 is 2.42 bits per heavy atom. The van der Waals surface area contributed by atoms with Crippen molar-refractivity contribution in [1.82, 2.24) is 9.97 Å². The van der Waals surface area contributed by atoms with E-state index in [9.17, 15) is 9.50 Å². The van der Waals surface area contributed by atoms with E-state index in [0.717, 1.165) is 42.8 Å². The molecule has 31 heavy (non-hydrogen) atoms. The molecule has 0 saturated carbocycles. The SMILES string of the molecule is Oc1c([C@@H](c2ccccn2)[NH+]2CCN(c3ccccc3F)CC2)ccc2cccnc12. The Labute approximate surface area is 180 Å². The van der Waals surface area contributed by atoms with Crippen LogP contribution < -0.4 is 9.80 Å². The first-order valence-corrected chi connectivity index (χ1v) is 10.5. The normalized spacial score (nSPS) is 15.8. The van der Waals surface area contributed by atoms with Crippen molar-refractivity contribution in [1.29, 1.82) is 0 Å². The van der Waals surface area contributed by atoms with Gasteiger partial charge in [0.2, 0.25) is 0 Å². The average molecular weight is 415 g/mol. The summed E-state index contributed by atoms with van der Waals surface area (Å²) < 4.78 is 14.3. The van der Waals surface area contributed by atoms with E-state index in [1.807, 2.05) is 54.6 Å². The van der Waals surface area contributed by atoms with E-state index in [2.05, 4.69) is 14.9 Å². The molecule has 0 unspecified atom stereocenters. The number of fused-ring (bicyclic) bond motifs is 1. The van der Waals surface area contributed by atoms with Crippen molar-refractivity contribution in [3.8, 4) is 5.75 Å². The topological polar surface area (TPSA) is 53.7 Å². The lowest BCUT2D eigenvalue weighted by atomic mass is 9.97. The fraction of sp³-hybridized carbons (Fsp3) is 0.200. The van der Waals surface area contributed by atoms with Gasteiger partial charge in [0.25, 0.3) is 0 Å². The van der Waals surface area contributed by atoms with E-state index in [-0.39, 0.29) is 17.6 Å². The van der Waals surface area contributed by atoms with Crippen LogP contribution in [0, 0.1) is 5.82 Å². The number of halogens is 1. The number of anilines is 1. The molecule has 2 aromatic heterocycles. The van der Waals surface area contributed by atoms with Gasteiger partial charge in [0, 0.05) is 17.8 Å². The van der Waals surface area contributed by atoms with Crippen molar-refractivity contribution in [2.75, 3.05) is 31.1 Å². The second-order valence-corrected chi connectivity index (χ2v) is 7.86. The van der Waals surface area contributed by atoms with Gasteiger partial charge < -0.3 is 14.9 Å². The fourth-order valence-corrected chi connectivity index (χ4v) is 4.55. The molecule has 0 bridgehead atoms. The maximum absolute atomic E-state index is 14.3. The molecule has 1 atom stereocenters. The molecule has 156 valence electrons. The number of nitrogens with zero attached hydrogens (tertiary/aromatic N) is 3. The van der Waals surface area contributed by atoms with Gasteiger partial charge in [-0.2, -0.15) is 0 Å². The first kappa shape index (κ1) is 19.5. The lowest BCUT2D eigenvalue weighted by molar-refractivity contribution is -0.926. The number of hydrogen-bond acceptors (Lipinski definition) is 4. The number of phenolic OH excluding ortho intramolecular Hbond substituents is 1. The lowest BCUT2D eigenvalue weighted by Gasteiger charge is -2.37. The average Bonchev–Trinajstić information content (AvgIpc) is 2.82. The number of para-hydroxylation sites is 1. The molecule has 0 spiro atoms. The molecule has 5 rings (SSSR count). The zero-order chi connectivity index (χ0) is 21.2. The molecule has 2 N–H and O–H groups in total. The van der Waals surface area contributed by atoms with E-state index >= 15 is 0 Å². The van der Waals surface area contributed by atoms with Gasteiger partial charge in [-0.25, -0.2) is 4.39 Å². The Hall–Kier alpha value is -3.51. The first-order valence-electron chi connectivity index (χ1n) is 10.5. The number of aromatic hydroxyl groups is 1. The zero-order valence-corrected chi connectivity index (χ0v) is 17.1. The van der Waals surface area contributed by atoms with Crippen LogP contribution in [0.1, 0.15) is 17.3 Å². The van der Waals surface area contributed by atoms with Crippen LogP contribution in [0.4, 0.5) is 10.1 Å². The quantitative estimate of drug-likeness (QED) is 0.538. The highest BCUT2D eigenvalue weighted by Crippen LogP contribution is 2.32. The Balaban J connectivity index is 1.49. The van der Waals surface area contributed by atoms with Gasteiger partial charge >= 0.3 is 0 Å². The Kier molecular flexibility index (Phi) is 5.22. The second kappa shape index (κ2) is 8.32. The van der Waals surface area contributed by atoms with Crippen molar-refractivity contribution in [3.63, 3.8) is 0 Å². The molecule has 6 heteroatoms. The van der Waals surface area contributed by atoms with E-state index < -0.39 is 0 Å². The third-order valence-electron chi connectivity index (χ3n) is 6.08. The summed E-state index contributed by atoms with van der Waals surface area (Å²) in [5.74, 6) is 0.0169. The number of hydrogen-bond donors (Lipinski definition) is 2. The number of benzene rings is 2. The molecule has 0 amide bonds. The summed E-state index contributed by atoms with van der Waals surface area (Å²) >= 11 is 0. The number of nitrogens with one attached hydrogen (secondary N) is 1. The molecule has 1 aliphatic rings. The summed E-state index contributed by atoms with van der Waals surface area (Å²) in [5.41, 5.74) is 2.97. The summed E-state index contributed by atoms with van der Waals surface area (Å²) in [6.07, 6.45) is 3.48. The standard InChI is InChI=1S/C25H23FN4O/c26-20-7-1-2-9-22(20)29-14-16-30(17-15-29)24(21-8-3-4-12-27-21)19-11-10-18-6-5-13-28-23(18)25(19)31/h1-13,24,31H,14-17H2/p+1/t24-/m0/s1. The number of quaternary nitrogens is 1. The molecule has 2 aromatic carbocycles. The highest BCUT2D eigenvalue weighted by Gasteiger charge is 2.33. The van der Waals surface area contributed by atoms with Crippen LogP contribution in [0.25, 0.3) is 10.9 Å². The fourth-order valence-electron chi connectivity index (χ4n) is 4.55. The van der Waals surface area contributed by atoms with Crippen LogP contribution >= 0.6 is 0 Å². The summed E-state index contributed by atoms with van der Waals surface area (Å²) in [6.45, 7) is 3.06. The van der Waals surface area contributed by atoms with Gasteiger partial charge in [-0.1, -0.05) is 30.3 Å².